The Morgan fingerprint density at radius 1 is 1.29 bits per heavy atom. The highest BCUT2D eigenvalue weighted by Crippen LogP contribution is 2.16. The van der Waals surface area contributed by atoms with Gasteiger partial charge in [-0.3, -0.25) is 0 Å². The van der Waals surface area contributed by atoms with E-state index in [1.165, 1.54) is 11.1 Å². The van der Waals surface area contributed by atoms with Gasteiger partial charge in [-0.15, -0.1) is 0 Å². The molecule has 1 aromatic carbocycles. The van der Waals surface area contributed by atoms with Crippen molar-refractivity contribution >= 4 is 6.34 Å². The maximum absolute atomic E-state index is 8.29. The molecular formula is C11H10N3. The van der Waals surface area contributed by atoms with Crippen LogP contribution in [0.4, 0.5) is 0 Å². The summed E-state index contributed by atoms with van der Waals surface area (Å²) in [6, 6.07) is 8.34. The molecule has 0 aliphatic carbocycles. The van der Waals surface area contributed by atoms with Crippen LogP contribution in [-0.2, 0) is 13.0 Å². The number of aliphatic imine (C=N–C) groups is 1. The second-order valence-corrected chi connectivity index (χ2v) is 3.25. The van der Waals surface area contributed by atoms with Crippen LogP contribution in [0, 0.1) is 11.5 Å². The van der Waals surface area contributed by atoms with Gasteiger partial charge in [0.1, 0.15) is 0 Å². The van der Waals surface area contributed by atoms with E-state index in [1.807, 2.05) is 11.0 Å². The zero-order valence-electron chi connectivity index (χ0n) is 7.77. The standard InChI is InChI=1S/C11H10N3/c12-8-13-9-14-6-5-10-3-1-2-4-11(10)7-14/h1-4H,5-7H2. The predicted octanol–water partition coefficient (Wildman–Crippen LogP) is 1.43. The van der Waals surface area contributed by atoms with Crippen LogP contribution >= 0.6 is 0 Å². The van der Waals surface area contributed by atoms with Crippen LogP contribution < -0.4 is 0 Å². The lowest BCUT2D eigenvalue weighted by Crippen LogP contribution is -2.29. The summed E-state index contributed by atoms with van der Waals surface area (Å²) in [5, 5.41) is 8.29. The molecule has 1 aromatic rings. The third-order valence-electron chi connectivity index (χ3n) is 2.37. The lowest BCUT2D eigenvalue weighted by Gasteiger charge is -2.25. The average molecular weight is 184 g/mol. The van der Waals surface area contributed by atoms with Gasteiger partial charge in [0.15, 0.2) is 6.34 Å². The molecule has 2 rings (SSSR count). The predicted molar refractivity (Wildman–Crippen MR) is 53.6 cm³/mol. The van der Waals surface area contributed by atoms with Crippen LogP contribution in [-0.4, -0.2) is 17.8 Å². The Balaban J connectivity index is 2.14. The molecule has 0 N–H and O–H groups in total. The molecule has 0 aromatic heterocycles. The van der Waals surface area contributed by atoms with Crippen molar-refractivity contribution in [1.82, 2.24) is 4.90 Å². The second kappa shape index (κ2) is 3.93. The number of hydrogen-bond donors (Lipinski definition) is 0. The van der Waals surface area contributed by atoms with Crippen molar-refractivity contribution in [3.8, 4) is 6.19 Å². The molecule has 0 spiro atoms. The van der Waals surface area contributed by atoms with Crippen LogP contribution in [0.15, 0.2) is 29.3 Å². The van der Waals surface area contributed by atoms with Gasteiger partial charge in [-0.2, -0.15) is 10.3 Å². The number of rotatable bonds is 1. The first-order valence-electron chi connectivity index (χ1n) is 4.56. The first-order valence-corrected chi connectivity index (χ1v) is 4.56. The van der Waals surface area contributed by atoms with Crippen LogP contribution in [0.25, 0.3) is 0 Å². The van der Waals surface area contributed by atoms with Crippen molar-refractivity contribution in [2.75, 3.05) is 6.54 Å². The van der Waals surface area contributed by atoms with Crippen LogP contribution in [0.5, 0.6) is 0 Å². The molecule has 1 aliphatic heterocycles. The molecule has 3 heteroatoms. The fourth-order valence-electron chi connectivity index (χ4n) is 1.67. The first kappa shape index (κ1) is 8.76. The van der Waals surface area contributed by atoms with E-state index in [2.05, 4.69) is 29.5 Å². The molecule has 1 radical (unpaired) electrons. The molecule has 69 valence electrons. The average Bonchev–Trinajstić information content (AvgIpc) is 2.26. The summed E-state index contributed by atoms with van der Waals surface area (Å²) < 4.78 is 0. The molecule has 0 bridgehead atoms. The number of fused-ring (bicyclic) bond motifs is 1. The number of benzene rings is 1. The van der Waals surface area contributed by atoms with Crippen molar-refractivity contribution < 1.29 is 0 Å². The first-order chi connectivity index (χ1) is 6.90. The number of hydrogen-bond acceptors (Lipinski definition) is 2. The van der Waals surface area contributed by atoms with E-state index in [0.29, 0.717) is 0 Å². The highest BCUT2D eigenvalue weighted by molar-refractivity contribution is 5.57. The van der Waals surface area contributed by atoms with Gasteiger partial charge < -0.3 is 4.90 Å². The lowest BCUT2D eigenvalue weighted by atomic mass is 10.0. The highest BCUT2D eigenvalue weighted by atomic mass is 15.1. The SMILES string of the molecule is N#C/N=[C]\N1CCc2ccccc2C1. The maximum Gasteiger partial charge on any atom is 0.207 e. The van der Waals surface area contributed by atoms with Crippen molar-refractivity contribution in [1.29, 1.82) is 5.26 Å². The lowest BCUT2D eigenvalue weighted by molar-refractivity contribution is 0.405. The fourth-order valence-corrected chi connectivity index (χ4v) is 1.67. The molecule has 0 amide bonds. The Labute approximate surface area is 83.3 Å². The quantitative estimate of drug-likeness (QED) is 0.376. The molecule has 0 fully saturated rings. The van der Waals surface area contributed by atoms with Gasteiger partial charge in [-0.1, -0.05) is 24.3 Å². The Morgan fingerprint density at radius 3 is 2.86 bits per heavy atom. The number of nitriles is 1. The van der Waals surface area contributed by atoms with Crippen LogP contribution in [0.2, 0.25) is 0 Å². The molecule has 1 heterocycles. The summed E-state index contributed by atoms with van der Waals surface area (Å²) in [6.45, 7) is 1.70. The van der Waals surface area contributed by atoms with Crippen LogP contribution in [0.3, 0.4) is 0 Å². The molecule has 1 aliphatic rings. The van der Waals surface area contributed by atoms with Gasteiger partial charge in [0.05, 0.1) is 0 Å². The second-order valence-electron chi connectivity index (χ2n) is 3.25. The van der Waals surface area contributed by atoms with Crippen molar-refractivity contribution in [3.63, 3.8) is 0 Å². The molecule has 14 heavy (non-hydrogen) atoms. The highest BCUT2D eigenvalue weighted by Gasteiger charge is 2.12. The summed E-state index contributed by atoms with van der Waals surface area (Å²) in [6.07, 6.45) is 5.42. The van der Waals surface area contributed by atoms with Gasteiger partial charge in [0.25, 0.3) is 0 Å². The third-order valence-corrected chi connectivity index (χ3v) is 2.37. The summed E-state index contributed by atoms with van der Waals surface area (Å²) in [4.78, 5) is 5.39. The summed E-state index contributed by atoms with van der Waals surface area (Å²) in [7, 11) is 0. The minimum atomic E-state index is 0.807. The van der Waals surface area contributed by atoms with Gasteiger partial charge in [-0.05, 0) is 17.5 Å². The third kappa shape index (κ3) is 1.74. The van der Waals surface area contributed by atoms with Crippen molar-refractivity contribution in [2.45, 2.75) is 13.0 Å². The van der Waals surface area contributed by atoms with Crippen molar-refractivity contribution in [2.24, 2.45) is 4.99 Å². The van der Waals surface area contributed by atoms with Crippen molar-refractivity contribution in [3.05, 3.63) is 35.4 Å². The van der Waals surface area contributed by atoms with Gasteiger partial charge in [0, 0.05) is 13.1 Å². The molecule has 0 saturated heterocycles. The summed E-state index contributed by atoms with van der Waals surface area (Å²) in [5.74, 6) is 0. The minimum absolute atomic E-state index is 0.807. The van der Waals surface area contributed by atoms with E-state index in [4.69, 9.17) is 5.26 Å². The topological polar surface area (TPSA) is 39.4 Å². The summed E-state index contributed by atoms with van der Waals surface area (Å²) in [5.41, 5.74) is 2.70. The molecule has 0 atom stereocenters. The molecule has 3 nitrogen and oxygen atoms in total. The van der Waals surface area contributed by atoms with E-state index < -0.39 is 0 Å². The van der Waals surface area contributed by atoms with E-state index in [1.54, 1.807) is 6.19 Å². The van der Waals surface area contributed by atoms with E-state index in [0.717, 1.165) is 19.5 Å². The Bertz CT molecular complexity index is 390. The van der Waals surface area contributed by atoms with E-state index in [-0.39, 0.29) is 0 Å². The van der Waals surface area contributed by atoms with E-state index >= 15 is 0 Å². The van der Waals surface area contributed by atoms with E-state index in [9.17, 15) is 0 Å². The minimum Gasteiger partial charge on any atom is -0.348 e. The van der Waals surface area contributed by atoms with Crippen LogP contribution in [0.1, 0.15) is 11.1 Å². The zero-order valence-corrected chi connectivity index (χ0v) is 7.77. The molecule has 0 unspecified atom stereocenters. The normalized spacial score (nSPS) is 15.2. The molecular weight excluding hydrogens is 174 g/mol. The summed E-state index contributed by atoms with van der Waals surface area (Å²) >= 11 is 0. The molecule has 0 saturated carbocycles. The largest absolute Gasteiger partial charge is 0.348 e. The number of nitrogens with zero attached hydrogens (tertiary/aromatic N) is 3. The Hall–Kier alpha value is -1.82. The maximum atomic E-state index is 8.29. The van der Waals surface area contributed by atoms with Gasteiger partial charge in [0.2, 0.25) is 6.19 Å². The zero-order chi connectivity index (χ0) is 9.80. The Kier molecular flexibility index (Phi) is 2.46. The van der Waals surface area contributed by atoms with Gasteiger partial charge in [-0.25, -0.2) is 0 Å². The smallest absolute Gasteiger partial charge is 0.207 e. The Morgan fingerprint density at radius 2 is 2.07 bits per heavy atom. The fraction of sp³-hybridized carbons (Fsp3) is 0.273. The van der Waals surface area contributed by atoms with Gasteiger partial charge >= 0.3 is 0 Å². The monoisotopic (exact) mass is 184 g/mol.